The van der Waals surface area contributed by atoms with Gasteiger partial charge in [0.1, 0.15) is 23.0 Å². The Morgan fingerprint density at radius 2 is 2.05 bits per heavy atom. The van der Waals surface area contributed by atoms with Crippen molar-refractivity contribution in [2.24, 2.45) is 5.92 Å². The van der Waals surface area contributed by atoms with Gasteiger partial charge in [-0.2, -0.15) is 10.2 Å². The minimum Gasteiger partial charge on any atom is -0.367 e. The SMILES string of the molecule is O=C(Nc1ccnnc1)c1cc2ccc(-c3nc(NC4CCC5NNCC5C4)cc4nccn34)cc2[nH]1. The lowest BCUT2D eigenvalue weighted by atomic mass is 9.83. The third kappa shape index (κ3) is 4.17. The van der Waals surface area contributed by atoms with Crippen LogP contribution in [0.2, 0.25) is 0 Å². The molecule has 2 aliphatic rings. The van der Waals surface area contributed by atoms with Crippen molar-refractivity contribution in [3.8, 4) is 11.4 Å². The van der Waals surface area contributed by atoms with Crippen LogP contribution in [0.25, 0.3) is 27.9 Å². The minimum absolute atomic E-state index is 0.241. The van der Waals surface area contributed by atoms with Crippen LogP contribution in [0.3, 0.4) is 0 Å². The zero-order chi connectivity index (χ0) is 24.8. The number of carbonyl (C=O) groups is 1. The predicted molar refractivity (Wildman–Crippen MR) is 140 cm³/mol. The van der Waals surface area contributed by atoms with Gasteiger partial charge in [-0.25, -0.2) is 9.97 Å². The first-order valence-electron chi connectivity index (χ1n) is 12.5. The molecule has 1 saturated heterocycles. The smallest absolute Gasteiger partial charge is 0.272 e. The first-order chi connectivity index (χ1) is 18.2. The van der Waals surface area contributed by atoms with E-state index in [1.54, 1.807) is 12.3 Å². The molecule has 1 amide bonds. The first-order valence-corrected chi connectivity index (χ1v) is 12.5. The van der Waals surface area contributed by atoms with E-state index in [0.717, 1.165) is 59.6 Å². The number of amides is 1. The van der Waals surface area contributed by atoms with Crippen molar-refractivity contribution in [3.05, 3.63) is 66.9 Å². The molecule has 11 heteroatoms. The van der Waals surface area contributed by atoms with Gasteiger partial charge < -0.3 is 15.6 Å². The fourth-order valence-corrected chi connectivity index (χ4v) is 5.49. The average Bonchev–Trinajstić information content (AvgIpc) is 3.67. The number of H-pyrrole nitrogens is 1. The normalized spacial score (nSPS) is 21.2. The Morgan fingerprint density at radius 3 is 2.97 bits per heavy atom. The van der Waals surface area contributed by atoms with E-state index in [1.807, 2.05) is 40.9 Å². The van der Waals surface area contributed by atoms with Crippen LogP contribution in [-0.2, 0) is 0 Å². The van der Waals surface area contributed by atoms with Gasteiger partial charge in [0.05, 0.1) is 18.1 Å². The number of rotatable bonds is 5. The Bertz CT molecular complexity index is 1590. The molecule has 5 N–H and O–H groups in total. The Balaban J connectivity index is 1.18. The van der Waals surface area contributed by atoms with E-state index >= 15 is 0 Å². The lowest BCUT2D eigenvalue weighted by molar-refractivity contribution is 0.102. The summed E-state index contributed by atoms with van der Waals surface area (Å²) in [5, 5.41) is 15.0. The Hall–Kier alpha value is -4.35. The summed E-state index contributed by atoms with van der Waals surface area (Å²) in [6, 6.07) is 12.5. The van der Waals surface area contributed by atoms with Gasteiger partial charge in [0, 0.05) is 53.6 Å². The molecule has 1 saturated carbocycles. The molecular formula is C26H26N10O. The molecule has 3 unspecified atom stereocenters. The number of fused-ring (bicyclic) bond motifs is 3. The highest BCUT2D eigenvalue weighted by Crippen LogP contribution is 2.30. The number of anilines is 2. The number of hydrogen-bond acceptors (Lipinski definition) is 8. The fourth-order valence-electron chi connectivity index (χ4n) is 5.49. The molecule has 11 nitrogen and oxygen atoms in total. The Morgan fingerprint density at radius 1 is 1.08 bits per heavy atom. The van der Waals surface area contributed by atoms with Crippen molar-refractivity contribution >= 4 is 34.0 Å². The lowest BCUT2D eigenvalue weighted by Gasteiger charge is -2.31. The topological polar surface area (TPSA) is 137 Å². The standard InChI is InChI=1S/C26H26N10O/c37-26(32-19-5-6-28-29-14-19)22-10-15-1-2-16(11-21(15)33-22)25-34-23(12-24-27-7-8-36(24)25)31-18-3-4-20-17(9-18)13-30-35-20/h1-2,5-8,10-12,14,17-18,20,30-31,33,35H,3-4,9,13H2,(H,28,32,37). The molecule has 37 heavy (non-hydrogen) atoms. The van der Waals surface area contributed by atoms with Gasteiger partial charge in [-0.15, -0.1) is 0 Å². The lowest BCUT2D eigenvalue weighted by Crippen LogP contribution is -2.39. The third-order valence-electron chi connectivity index (χ3n) is 7.34. The second-order valence-corrected chi connectivity index (χ2v) is 9.74. The van der Waals surface area contributed by atoms with Gasteiger partial charge in [-0.1, -0.05) is 12.1 Å². The second-order valence-electron chi connectivity index (χ2n) is 9.74. The van der Waals surface area contributed by atoms with Crippen LogP contribution in [0.1, 0.15) is 29.8 Å². The largest absolute Gasteiger partial charge is 0.367 e. The van der Waals surface area contributed by atoms with Crippen LogP contribution < -0.4 is 21.5 Å². The number of aromatic amines is 1. The average molecular weight is 495 g/mol. The van der Waals surface area contributed by atoms with Crippen LogP contribution in [0, 0.1) is 5.92 Å². The predicted octanol–water partition coefficient (Wildman–Crippen LogP) is 2.98. The highest BCUT2D eigenvalue weighted by atomic mass is 16.1. The van der Waals surface area contributed by atoms with Gasteiger partial charge >= 0.3 is 0 Å². The highest BCUT2D eigenvalue weighted by Gasteiger charge is 2.33. The monoisotopic (exact) mass is 494 g/mol. The van der Waals surface area contributed by atoms with Crippen molar-refractivity contribution in [1.82, 2.24) is 40.4 Å². The van der Waals surface area contributed by atoms with Crippen LogP contribution in [0.4, 0.5) is 11.5 Å². The number of hydrazine groups is 1. The maximum Gasteiger partial charge on any atom is 0.272 e. The molecule has 0 spiro atoms. The molecule has 5 heterocycles. The number of nitrogens with one attached hydrogen (secondary N) is 5. The summed E-state index contributed by atoms with van der Waals surface area (Å²) in [7, 11) is 0. The van der Waals surface area contributed by atoms with Crippen molar-refractivity contribution < 1.29 is 4.79 Å². The van der Waals surface area contributed by atoms with E-state index < -0.39 is 0 Å². The Kier molecular flexibility index (Phi) is 5.29. The summed E-state index contributed by atoms with van der Waals surface area (Å²) in [4.78, 5) is 25.5. The number of hydrogen-bond donors (Lipinski definition) is 5. The third-order valence-corrected chi connectivity index (χ3v) is 7.34. The molecule has 1 aliphatic heterocycles. The van der Waals surface area contributed by atoms with Gasteiger partial charge in [0.2, 0.25) is 0 Å². The molecule has 186 valence electrons. The molecule has 1 aromatic carbocycles. The maximum absolute atomic E-state index is 12.8. The maximum atomic E-state index is 12.8. The van der Waals surface area contributed by atoms with Gasteiger partial charge in [0.25, 0.3) is 5.91 Å². The molecule has 1 aliphatic carbocycles. The van der Waals surface area contributed by atoms with Crippen LogP contribution in [0.15, 0.2) is 61.2 Å². The van der Waals surface area contributed by atoms with Crippen molar-refractivity contribution in [2.75, 3.05) is 17.2 Å². The minimum atomic E-state index is -0.241. The van der Waals surface area contributed by atoms with Gasteiger partial charge in [0.15, 0.2) is 0 Å². The summed E-state index contributed by atoms with van der Waals surface area (Å²) >= 11 is 0. The van der Waals surface area contributed by atoms with Gasteiger partial charge in [-0.3, -0.25) is 20.0 Å². The van der Waals surface area contributed by atoms with Crippen LogP contribution in [-0.4, -0.2) is 54.1 Å². The van der Waals surface area contributed by atoms with Crippen LogP contribution in [0.5, 0.6) is 0 Å². The van der Waals surface area contributed by atoms with E-state index in [1.165, 1.54) is 12.4 Å². The molecule has 4 aromatic heterocycles. The number of aromatic nitrogens is 6. The summed E-state index contributed by atoms with van der Waals surface area (Å²) < 4.78 is 1.99. The fraction of sp³-hybridized carbons (Fsp3) is 0.269. The number of nitrogens with zero attached hydrogens (tertiary/aromatic N) is 5. The second kappa shape index (κ2) is 8.95. The quantitative estimate of drug-likeness (QED) is 0.252. The highest BCUT2D eigenvalue weighted by molar-refractivity contribution is 6.06. The van der Waals surface area contributed by atoms with E-state index in [-0.39, 0.29) is 5.91 Å². The molecule has 0 radical (unpaired) electrons. The van der Waals surface area contributed by atoms with E-state index in [0.29, 0.717) is 29.4 Å². The molecular weight excluding hydrogens is 468 g/mol. The Labute approximate surface area is 212 Å². The molecule has 2 fully saturated rings. The van der Waals surface area contributed by atoms with Crippen molar-refractivity contribution in [3.63, 3.8) is 0 Å². The molecule has 7 rings (SSSR count). The zero-order valence-electron chi connectivity index (χ0n) is 20.0. The van der Waals surface area contributed by atoms with Crippen molar-refractivity contribution in [2.45, 2.75) is 31.3 Å². The summed E-state index contributed by atoms with van der Waals surface area (Å²) in [5.74, 6) is 2.02. The summed E-state index contributed by atoms with van der Waals surface area (Å²) in [5.41, 5.74) is 10.4. The first kappa shape index (κ1) is 21.9. The number of carbonyl (C=O) groups excluding carboxylic acids is 1. The summed E-state index contributed by atoms with van der Waals surface area (Å²) in [6.07, 6.45) is 10.1. The van der Waals surface area contributed by atoms with E-state index in [9.17, 15) is 4.79 Å². The van der Waals surface area contributed by atoms with Crippen molar-refractivity contribution in [1.29, 1.82) is 0 Å². The molecule has 0 bridgehead atoms. The zero-order valence-corrected chi connectivity index (χ0v) is 20.0. The van der Waals surface area contributed by atoms with Crippen LogP contribution >= 0.6 is 0 Å². The summed E-state index contributed by atoms with van der Waals surface area (Å²) in [6.45, 7) is 1.01. The molecule has 5 aromatic rings. The number of imidazole rings is 1. The molecule has 3 atom stereocenters. The van der Waals surface area contributed by atoms with E-state index in [2.05, 4.69) is 41.7 Å². The number of benzene rings is 1. The van der Waals surface area contributed by atoms with E-state index in [4.69, 9.17) is 4.98 Å². The van der Waals surface area contributed by atoms with Gasteiger partial charge in [-0.05, 0) is 43.4 Å².